The number of aliphatic hydroxyl groups is 1. The number of H-pyrrole nitrogens is 1. The number of aryl methyl sites for hydroxylation is 1. The van der Waals surface area contributed by atoms with Gasteiger partial charge >= 0.3 is 0 Å². The van der Waals surface area contributed by atoms with E-state index in [0.717, 1.165) is 12.8 Å². The number of carbonyl (C=O) groups is 1. The van der Waals surface area contributed by atoms with Crippen molar-refractivity contribution in [3.8, 4) is 0 Å². The van der Waals surface area contributed by atoms with Crippen molar-refractivity contribution in [3.63, 3.8) is 0 Å². The van der Waals surface area contributed by atoms with Crippen LogP contribution in [-0.4, -0.2) is 34.1 Å². The second-order valence-corrected chi connectivity index (χ2v) is 6.22. The van der Waals surface area contributed by atoms with Gasteiger partial charge in [0.2, 0.25) is 0 Å². The van der Waals surface area contributed by atoms with Crippen molar-refractivity contribution in [2.24, 2.45) is 5.41 Å². The number of nitrogens with one attached hydrogen (secondary N) is 2. The number of aliphatic hydroxyl groups excluding tert-OH is 1. The lowest BCUT2D eigenvalue weighted by Gasteiger charge is -2.15. The van der Waals surface area contributed by atoms with Crippen molar-refractivity contribution in [1.29, 1.82) is 0 Å². The fourth-order valence-electron chi connectivity index (χ4n) is 2.43. The largest absolute Gasteiger partial charge is 0.396 e. The number of carbonyl (C=O) groups excluding carboxylic acids is 1. The van der Waals surface area contributed by atoms with Crippen LogP contribution in [0.4, 0.5) is 0 Å². The number of hydrogen-bond acceptors (Lipinski definition) is 4. The SMILES string of the molecule is Cc1nc(C(C)C)[nH]c(=O)c1C(=O)NCC1(CCO)CC1. The number of hydrogen-bond donors (Lipinski definition) is 3. The van der Waals surface area contributed by atoms with Crippen LogP contribution < -0.4 is 10.9 Å². The highest BCUT2D eigenvalue weighted by Crippen LogP contribution is 2.47. The summed E-state index contributed by atoms with van der Waals surface area (Å²) in [5.41, 5.74) is 0.165. The number of amides is 1. The lowest BCUT2D eigenvalue weighted by atomic mass is 10.0. The molecule has 1 aromatic rings. The number of aromatic amines is 1. The molecule has 1 saturated carbocycles. The van der Waals surface area contributed by atoms with Gasteiger partial charge in [-0.25, -0.2) is 4.98 Å². The summed E-state index contributed by atoms with van der Waals surface area (Å²) in [4.78, 5) is 31.3. The van der Waals surface area contributed by atoms with Gasteiger partial charge < -0.3 is 15.4 Å². The number of nitrogens with zero attached hydrogens (tertiary/aromatic N) is 1. The molecule has 1 aliphatic rings. The van der Waals surface area contributed by atoms with Crippen molar-refractivity contribution in [2.45, 2.75) is 46.0 Å². The van der Waals surface area contributed by atoms with Gasteiger partial charge in [-0.15, -0.1) is 0 Å². The van der Waals surface area contributed by atoms with Gasteiger partial charge in [0, 0.05) is 19.1 Å². The van der Waals surface area contributed by atoms with Crippen LogP contribution in [0.2, 0.25) is 0 Å². The molecule has 116 valence electrons. The lowest BCUT2D eigenvalue weighted by Crippen LogP contribution is -2.35. The first-order valence-corrected chi connectivity index (χ1v) is 7.38. The molecule has 1 aliphatic carbocycles. The third-order valence-electron chi connectivity index (χ3n) is 4.12. The van der Waals surface area contributed by atoms with Gasteiger partial charge in [-0.05, 0) is 31.6 Å². The Labute approximate surface area is 124 Å². The van der Waals surface area contributed by atoms with Crippen LogP contribution in [0.25, 0.3) is 0 Å². The third-order valence-corrected chi connectivity index (χ3v) is 4.12. The molecule has 0 saturated heterocycles. The Kier molecular flexibility index (Phi) is 4.46. The van der Waals surface area contributed by atoms with Crippen LogP contribution in [0.5, 0.6) is 0 Å². The topological polar surface area (TPSA) is 95.1 Å². The monoisotopic (exact) mass is 293 g/mol. The molecule has 6 heteroatoms. The Hall–Kier alpha value is -1.69. The second kappa shape index (κ2) is 5.97. The summed E-state index contributed by atoms with van der Waals surface area (Å²) in [6.45, 7) is 6.17. The molecule has 0 aromatic carbocycles. The molecule has 0 bridgehead atoms. The summed E-state index contributed by atoms with van der Waals surface area (Å²) in [7, 11) is 0. The van der Waals surface area contributed by atoms with E-state index < -0.39 is 5.56 Å². The van der Waals surface area contributed by atoms with E-state index in [1.807, 2.05) is 13.8 Å². The van der Waals surface area contributed by atoms with E-state index >= 15 is 0 Å². The average molecular weight is 293 g/mol. The summed E-state index contributed by atoms with van der Waals surface area (Å²) in [5.74, 6) is 0.307. The zero-order chi connectivity index (χ0) is 15.6. The van der Waals surface area contributed by atoms with Crippen LogP contribution in [0.3, 0.4) is 0 Å². The number of aromatic nitrogens is 2. The maximum absolute atomic E-state index is 12.2. The Morgan fingerprint density at radius 3 is 2.62 bits per heavy atom. The Balaban J connectivity index is 2.11. The summed E-state index contributed by atoms with van der Waals surface area (Å²) in [5, 5.41) is 11.8. The zero-order valence-corrected chi connectivity index (χ0v) is 12.8. The van der Waals surface area contributed by atoms with Crippen LogP contribution in [0.1, 0.15) is 60.9 Å². The molecule has 1 heterocycles. The van der Waals surface area contributed by atoms with Crippen LogP contribution in [-0.2, 0) is 0 Å². The predicted octanol–water partition coefficient (Wildman–Crippen LogP) is 1.09. The van der Waals surface area contributed by atoms with Gasteiger partial charge in [0.1, 0.15) is 11.4 Å². The Morgan fingerprint density at radius 2 is 2.14 bits per heavy atom. The molecule has 0 radical (unpaired) electrons. The molecule has 1 aromatic heterocycles. The standard InChI is InChI=1S/C15H23N3O3/c1-9(2)12-17-10(3)11(14(21)18-12)13(20)16-8-15(4-5-15)6-7-19/h9,19H,4-8H2,1-3H3,(H,16,20)(H,17,18,21). The van der Waals surface area contributed by atoms with Crippen molar-refractivity contribution in [3.05, 3.63) is 27.4 Å². The fraction of sp³-hybridized carbons (Fsp3) is 0.667. The molecule has 1 amide bonds. The first-order valence-electron chi connectivity index (χ1n) is 7.38. The predicted molar refractivity (Wildman–Crippen MR) is 79.4 cm³/mol. The van der Waals surface area contributed by atoms with Crippen molar-refractivity contribution >= 4 is 5.91 Å². The molecule has 0 atom stereocenters. The highest BCUT2D eigenvalue weighted by Gasteiger charge is 2.42. The maximum Gasteiger partial charge on any atom is 0.264 e. The van der Waals surface area contributed by atoms with Crippen molar-refractivity contribution in [1.82, 2.24) is 15.3 Å². The molecular formula is C15H23N3O3. The highest BCUT2D eigenvalue weighted by molar-refractivity contribution is 5.94. The Morgan fingerprint density at radius 1 is 1.48 bits per heavy atom. The molecular weight excluding hydrogens is 270 g/mol. The summed E-state index contributed by atoms with van der Waals surface area (Å²) in [6.07, 6.45) is 2.70. The van der Waals surface area contributed by atoms with E-state index in [1.165, 1.54) is 0 Å². The minimum atomic E-state index is -0.393. The molecule has 21 heavy (non-hydrogen) atoms. The van der Waals surface area contributed by atoms with E-state index in [4.69, 9.17) is 5.11 Å². The van der Waals surface area contributed by atoms with Gasteiger partial charge in [-0.1, -0.05) is 13.8 Å². The highest BCUT2D eigenvalue weighted by atomic mass is 16.3. The number of rotatable bonds is 6. The fourth-order valence-corrected chi connectivity index (χ4v) is 2.43. The minimum absolute atomic E-state index is 0.0242. The van der Waals surface area contributed by atoms with E-state index in [2.05, 4.69) is 15.3 Å². The quantitative estimate of drug-likeness (QED) is 0.731. The van der Waals surface area contributed by atoms with Crippen LogP contribution in [0, 0.1) is 12.3 Å². The molecule has 1 fully saturated rings. The normalized spacial score (nSPS) is 16.0. The summed E-state index contributed by atoms with van der Waals surface area (Å²) in [6, 6.07) is 0. The van der Waals surface area contributed by atoms with Crippen LogP contribution >= 0.6 is 0 Å². The van der Waals surface area contributed by atoms with Gasteiger partial charge in [0.05, 0.1) is 5.69 Å². The smallest absolute Gasteiger partial charge is 0.264 e. The molecule has 0 unspecified atom stereocenters. The van der Waals surface area contributed by atoms with Crippen molar-refractivity contribution < 1.29 is 9.90 Å². The van der Waals surface area contributed by atoms with Gasteiger partial charge in [0.25, 0.3) is 11.5 Å². The molecule has 2 rings (SSSR count). The van der Waals surface area contributed by atoms with E-state index in [1.54, 1.807) is 6.92 Å². The first-order chi connectivity index (χ1) is 9.88. The van der Waals surface area contributed by atoms with Crippen molar-refractivity contribution in [2.75, 3.05) is 13.2 Å². The summed E-state index contributed by atoms with van der Waals surface area (Å²) >= 11 is 0. The van der Waals surface area contributed by atoms with E-state index in [-0.39, 0.29) is 29.4 Å². The molecule has 6 nitrogen and oxygen atoms in total. The average Bonchev–Trinajstić information content (AvgIpc) is 3.16. The van der Waals surface area contributed by atoms with E-state index in [0.29, 0.717) is 24.5 Å². The first kappa shape index (κ1) is 15.7. The van der Waals surface area contributed by atoms with Gasteiger partial charge in [-0.3, -0.25) is 9.59 Å². The molecule has 0 spiro atoms. The summed E-state index contributed by atoms with van der Waals surface area (Å²) < 4.78 is 0. The van der Waals surface area contributed by atoms with Gasteiger partial charge in [-0.2, -0.15) is 0 Å². The molecule has 3 N–H and O–H groups in total. The van der Waals surface area contributed by atoms with Gasteiger partial charge in [0.15, 0.2) is 0 Å². The second-order valence-electron chi connectivity index (χ2n) is 6.22. The lowest BCUT2D eigenvalue weighted by molar-refractivity contribution is 0.0938. The maximum atomic E-state index is 12.2. The molecule has 0 aliphatic heterocycles. The minimum Gasteiger partial charge on any atom is -0.396 e. The van der Waals surface area contributed by atoms with E-state index in [9.17, 15) is 9.59 Å². The Bertz CT molecular complexity index is 588. The third kappa shape index (κ3) is 3.50. The van der Waals surface area contributed by atoms with Crippen LogP contribution in [0.15, 0.2) is 4.79 Å². The zero-order valence-electron chi connectivity index (χ0n) is 12.8.